The lowest BCUT2D eigenvalue weighted by molar-refractivity contribution is -0.108. The lowest BCUT2D eigenvalue weighted by Gasteiger charge is -2.43. The molecule has 0 aromatic heterocycles. The summed E-state index contributed by atoms with van der Waals surface area (Å²) in [5, 5.41) is 2.66. The van der Waals surface area contributed by atoms with Crippen molar-refractivity contribution in [1.29, 1.82) is 0 Å². The van der Waals surface area contributed by atoms with Crippen LogP contribution in [0.1, 0.15) is 47.0 Å². The van der Waals surface area contributed by atoms with Gasteiger partial charge in [0, 0.05) is 13.0 Å². The second-order valence-corrected chi connectivity index (χ2v) is 12.5. The van der Waals surface area contributed by atoms with Crippen LogP contribution in [0.25, 0.3) is 0 Å². The first-order valence-corrected chi connectivity index (χ1v) is 11.5. The third kappa shape index (κ3) is 4.71. The molecule has 0 N–H and O–H groups in total. The van der Waals surface area contributed by atoms with Crippen molar-refractivity contribution in [2.45, 2.75) is 52.0 Å². The zero-order chi connectivity index (χ0) is 19.0. The van der Waals surface area contributed by atoms with Gasteiger partial charge in [-0.3, -0.25) is 0 Å². The van der Waals surface area contributed by atoms with Gasteiger partial charge in [-0.1, -0.05) is 88.4 Å². The number of benzene rings is 2. The largest absolute Gasteiger partial charge is 0.407 e. The Morgan fingerprint density at radius 2 is 1.46 bits per heavy atom. The van der Waals surface area contributed by atoms with E-state index in [2.05, 4.69) is 88.4 Å². The van der Waals surface area contributed by atoms with Crippen LogP contribution in [0.3, 0.4) is 0 Å². The normalized spacial score (nSPS) is 13.4. The quantitative estimate of drug-likeness (QED) is 0.368. The zero-order valence-corrected chi connectivity index (χ0v) is 17.6. The number of hydrogen-bond acceptors (Lipinski definition) is 2. The maximum atomic E-state index is 10.7. The molecule has 0 radical (unpaired) electrons. The van der Waals surface area contributed by atoms with Gasteiger partial charge >= 0.3 is 0 Å². The highest BCUT2D eigenvalue weighted by Gasteiger charge is 2.49. The molecule has 0 aliphatic carbocycles. The van der Waals surface area contributed by atoms with Crippen molar-refractivity contribution >= 4 is 25.0 Å². The van der Waals surface area contributed by atoms with Gasteiger partial charge in [0.2, 0.25) is 0 Å². The molecule has 0 unspecified atom stereocenters. The minimum atomic E-state index is -2.41. The highest BCUT2D eigenvalue weighted by molar-refractivity contribution is 6.99. The summed E-state index contributed by atoms with van der Waals surface area (Å²) in [6.45, 7) is 9.77. The van der Waals surface area contributed by atoms with Crippen LogP contribution < -0.4 is 10.4 Å². The Kier molecular flexibility index (Phi) is 7.36. The number of rotatable bonds is 9. The maximum absolute atomic E-state index is 10.7. The summed E-state index contributed by atoms with van der Waals surface area (Å²) in [5.74, 6) is 0.426. The van der Waals surface area contributed by atoms with Gasteiger partial charge < -0.3 is 9.22 Å². The van der Waals surface area contributed by atoms with E-state index in [0.29, 0.717) is 12.3 Å². The van der Waals surface area contributed by atoms with Crippen LogP contribution >= 0.6 is 0 Å². The van der Waals surface area contributed by atoms with Crippen LogP contribution in [0.2, 0.25) is 5.04 Å². The highest BCUT2D eigenvalue weighted by Crippen LogP contribution is 2.36. The van der Waals surface area contributed by atoms with E-state index in [4.69, 9.17) is 4.43 Å². The molecule has 0 saturated heterocycles. The molecule has 0 spiro atoms. The molecule has 0 fully saturated rings. The van der Waals surface area contributed by atoms with Crippen molar-refractivity contribution < 1.29 is 9.22 Å². The Labute approximate surface area is 159 Å². The standard InChI is InChI=1S/C23H32O2Si/c1-20(17-18-24)12-11-19-25-26(23(2,3)4,21-13-7-5-8-14-21)22-15-9-6-10-16-22/h5-10,13-16,18,20H,11-12,17,19H2,1-4H3/t20-/m1/s1. The van der Waals surface area contributed by atoms with Crippen LogP contribution in [0, 0.1) is 5.92 Å². The van der Waals surface area contributed by atoms with E-state index in [1.165, 1.54) is 10.4 Å². The average Bonchev–Trinajstić information content (AvgIpc) is 2.62. The lowest BCUT2D eigenvalue weighted by Crippen LogP contribution is -2.66. The molecular weight excluding hydrogens is 336 g/mol. The Bertz CT molecular complexity index is 622. The Hall–Kier alpha value is -1.71. The average molecular weight is 369 g/mol. The van der Waals surface area contributed by atoms with E-state index in [-0.39, 0.29) is 5.04 Å². The van der Waals surface area contributed by atoms with Crippen LogP contribution in [0.5, 0.6) is 0 Å². The third-order valence-electron chi connectivity index (χ3n) is 5.08. The fourth-order valence-corrected chi connectivity index (χ4v) is 8.31. The van der Waals surface area contributed by atoms with Gasteiger partial charge in [-0.25, -0.2) is 0 Å². The van der Waals surface area contributed by atoms with Gasteiger partial charge in [0.25, 0.3) is 8.32 Å². The van der Waals surface area contributed by atoms with Gasteiger partial charge in [-0.15, -0.1) is 0 Å². The first kappa shape index (κ1) is 20.6. The summed E-state index contributed by atoms with van der Waals surface area (Å²) < 4.78 is 6.85. The molecule has 0 amide bonds. The minimum absolute atomic E-state index is 0.0180. The molecule has 140 valence electrons. The molecule has 1 atom stereocenters. The number of carbonyl (C=O) groups is 1. The molecule has 2 aromatic carbocycles. The molecule has 0 bridgehead atoms. The third-order valence-corrected chi connectivity index (χ3v) is 10.1. The molecule has 3 heteroatoms. The molecule has 0 heterocycles. The van der Waals surface area contributed by atoms with E-state index >= 15 is 0 Å². The van der Waals surface area contributed by atoms with Crippen LogP contribution in [0.4, 0.5) is 0 Å². The van der Waals surface area contributed by atoms with Crippen molar-refractivity contribution in [3.8, 4) is 0 Å². The summed E-state index contributed by atoms with van der Waals surface area (Å²) in [6, 6.07) is 21.5. The van der Waals surface area contributed by atoms with E-state index in [0.717, 1.165) is 25.7 Å². The van der Waals surface area contributed by atoms with Crippen LogP contribution in [-0.2, 0) is 9.22 Å². The van der Waals surface area contributed by atoms with Crippen molar-refractivity contribution in [1.82, 2.24) is 0 Å². The van der Waals surface area contributed by atoms with E-state index in [1.54, 1.807) is 0 Å². The van der Waals surface area contributed by atoms with Gasteiger partial charge in [0.15, 0.2) is 0 Å². The topological polar surface area (TPSA) is 26.3 Å². The van der Waals surface area contributed by atoms with Crippen molar-refractivity contribution in [3.05, 3.63) is 60.7 Å². The molecule has 26 heavy (non-hydrogen) atoms. The van der Waals surface area contributed by atoms with Crippen LogP contribution in [0.15, 0.2) is 60.7 Å². The molecule has 0 aliphatic heterocycles. The van der Waals surface area contributed by atoms with Gasteiger partial charge in [-0.2, -0.15) is 0 Å². The Morgan fingerprint density at radius 3 is 1.88 bits per heavy atom. The predicted octanol–water partition coefficient (Wildman–Crippen LogP) is 4.57. The van der Waals surface area contributed by atoms with Crippen LogP contribution in [-0.4, -0.2) is 21.2 Å². The molecule has 2 rings (SSSR count). The van der Waals surface area contributed by atoms with Crippen molar-refractivity contribution in [3.63, 3.8) is 0 Å². The minimum Gasteiger partial charge on any atom is -0.407 e. The Morgan fingerprint density at radius 1 is 0.962 bits per heavy atom. The Balaban J connectivity index is 2.33. The van der Waals surface area contributed by atoms with Gasteiger partial charge in [-0.05, 0) is 34.2 Å². The second kappa shape index (κ2) is 9.29. The van der Waals surface area contributed by atoms with E-state index in [9.17, 15) is 4.79 Å². The smallest absolute Gasteiger partial charge is 0.261 e. The number of carbonyl (C=O) groups excluding carboxylic acids is 1. The fourth-order valence-electron chi connectivity index (χ4n) is 3.70. The summed E-state index contributed by atoms with van der Waals surface area (Å²) in [6.07, 6.45) is 3.67. The molecule has 0 saturated carbocycles. The fraction of sp³-hybridized carbons (Fsp3) is 0.435. The van der Waals surface area contributed by atoms with Crippen molar-refractivity contribution in [2.24, 2.45) is 5.92 Å². The summed E-state index contributed by atoms with van der Waals surface area (Å²) >= 11 is 0. The maximum Gasteiger partial charge on any atom is 0.261 e. The van der Waals surface area contributed by atoms with E-state index < -0.39 is 8.32 Å². The summed E-state index contributed by atoms with van der Waals surface area (Å²) in [5.41, 5.74) is 0. The molecule has 2 aromatic rings. The first-order chi connectivity index (χ1) is 12.4. The molecule has 2 nitrogen and oxygen atoms in total. The predicted molar refractivity (Wildman–Crippen MR) is 113 cm³/mol. The van der Waals surface area contributed by atoms with Gasteiger partial charge in [0.1, 0.15) is 6.29 Å². The number of aldehydes is 1. The van der Waals surface area contributed by atoms with Gasteiger partial charge in [0.05, 0.1) is 0 Å². The monoisotopic (exact) mass is 368 g/mol. The first-order valence-electron chi connectivity index (χ1n) is 9.60. The molecule has 0 aliphatic rings. The summed E-state index contributed by atoms with van der Waals surface area (Å²) in [4.78, 5) is 10.7. The SMILES string of the molecule is C[C@@H](CC=O)CCCO[Si](c1ccccc1)(c1ccccc1)C(C)(C)C. The van der Waals surface area contributed by atoms with Crippen molar-refractivity contribution in [2.75, 3.05) is 6.61 Å². The van der Waals surface area contributed by atoms with E-state index in [1.807, 2.05) is 0 Å². The highest BCUT2D eigenvalue weighted by atomic mass is 28.4. The molecular formula is C23H32O2Si. The second-order valence-electron chi connectivity index (χ2n) is 8.16. The zero-order valence-electron chi connectivity index (χ0n) is 16.6. The number of hydrogen-bond donors (Lipinski definition) is 0. The lowest BCUT2D eigenvalue weighted by atomic mass is 10.0. The summed E-state index contributed by atoms with van der Waals surface area (Å²) in [7, 11) is -2.41.